The first-order valence-electron chi connectivity index (χ1n) is 20.8. The van der Waals surface area contributed by atoms with Gasteiger partial charge in [0.15, 0.2) is 0 Å². The minimum absolute atomic E-state index is 0.0611. The van der Waals surface area contributed by atoms with Crippen molar-refractivity contribution in [2.24, 2.45) is 7.05 Å². The Kier molecular flexibility index (Phi) is 11.6. The topological polar surface area (TPSA) is 181 Å². The zero-order valence-corrected chi connectivity index (χ0v) is 35.3. The number of nitrogens with one attached hydrogen (secondary N) is 2. The molecule has 17 heteroatoms. The van der Waals surface area contributed by atoms with Crippen LogP contribution in [0.15, 0.2) is 41.3 Å². The van der Waals surface area contributed by atoms with E-state index in [-0.39, 0.29) is 53.8 Å². The van der Waals surface area contributed by atoms with Crippen molar-refractivity contribution in [3.8, 4) is 28.4 Å². The maximum Gasteiger partial charge on any atom is 0.317 e. The van der Waals surface area contributed by atoms with Gasteiger partial charge in [0, 0.05) is 76.5 Å². The average Bonchev–Trinajstić information content (AvgIpc) is 3.48. The molecule has 6 heterocycles. The van der Waals surface area contributed by atoms with Crippen molar-refractivity contribution >= 4 is 29.7 Å². The molecule has 2 aromatic carbocycles. The predicted octanol–water partition coefficient (Wildman–Crippen LogP) is 2.30. The molecule has 324 valence electrons. The Hall–Kier alpha value is -5.78. The van der Waals surface area contributed by atoms with E-state index in [2.05, 4.69) is 15.5 Å². The van der Waals surface area contributed by atoms with Crippen molar-refractivity contribution in [2.75, 3.05) is 67.6 Å². The summed E-state index contributed by atoms with van der Waals surface area (Å²) in [6.07, 6.45) is 5.01. The number of aryl methyl sites for hydroxylation is 1. The number of hydrogen-bond acceptors (Lipinski definition) is 12. The summed E-state index contributed by atoms with van der Waals surface area (Å²) in [5.41, 5.74) is 4.32. The van der Waals surface area contributed by atoms with Gasteiger partial charge in [-0.05, 0) is 81.2 Å². The zero-order chi connectivity index (χ0) is 43.2. The molecule has 1 aromatic heterocycles. The molecule has 0 saturated carbocycles. The molecule has 2 atom stereocenters. The summed E-state index contributed by atoms with van der Waals surface area (Å²) < 4.78 is 25.5. The number of likely N-dealkylation sites (tertiary alicyclic amines) is 1. The van der Waals surface area contributed by atoms with Crippen LogP contribution in [0.2, 0.25) is 0 Å². The molecule has 3 aromatic rings. The monoisotopic (exact) mass is 839 g/mol. The highest BCUT2D eigenvalue weighted by atomic mass is 16.5. The first kappa shape index (κ1) is 41.9. The van der Waals surface area contributed by atoms with Crippen LogP contribution >= 0.6 is 0 Å². The fraction of sp³-hybridized carbons (Fsp3) is 0.500. The van der Waals surface area contributed by atoms with Gasteiger partial charge in [0.2, 0.25) is 11.8 Å². The third kappa shape index (κ3) is 8.21. The smallest absolute Gasteiger partial charge is 0.317 e. The van der Waals surface area contributed by atoms with E-state index in [9.17, 15) is 28.8 Å². The molecule has 17 nitrogen and oxygen atoms in total. The molecular formula is C44H53N7O10. The van der Waals surface area contributed by atoms with E-state index < -0.39 is 29.7 Å². The Morgan fingerprint density at radius 2 is 1.64 bits per heavy atom. The molecule has 0 bridgehead atoms. The third-order valence-electron chi connectivity index (χ3n) is 12.6. The molecule has 61 heavy (non-hydrogen) atoms. The molecule has 2 unspecified atom stereocenters. The van der Waals surface area contributed by atoms with Gasteiger partial charge in [-0.3, -0.25) is 39.1 Å². The van der Waals surface area contributed by atoms with Crippen LogP contribution < -0.4 is 30.4 Å². The first-order chi connectivity index (χ1) is 29.3. The number of nitrogens with zero attached hydrogens (tertiary/aromatic N) is 5. The summed E-state index contributed by atoms with van der Waals surface area (Å²) in [5, 5.41) is 5.26. The molecule has 1 spiro atoms. The summed E-state index contributed by atoms with van der Waals surface area (Å²) in [5.74, 6) is -0.323. The Morgan fingerprint density at radius 3 is 2.31 bits per heavy atom. The van der Waals surface area contributed by atoms with Gasteiger partial charge in [0.25, 0.3) is 17.4 Å². The number of piperidine rings is 2. The number of fused-ring (bicyclic) bond motifs is 2. The lowest BCUT2D eigenvalue weighted by molar-refractivity contribution is -0.222. The van der Waals surface area contributed by atoms with Gasteiger partial charge in [-0.15, -0.1) is 0 Å². The molecule has 3 fully saturated rings. The standard InChI is InChI=1S/C44H53N7O10/c1-47(2)23-34-36(58-4)18-26(19-37(34)59-5)32-24-48(3)40(54)33-25-50(13-10-29(32)33)43(57)45-22-28-21-44(61-28)11-14-49(15-12-44)16-17-60-27-6-7-30-31(20-27)42(56)51(41(30)55)35-8-9-38(52)46-39(35)53/h6-7,18-20,24,28,35H,8-17,21-23,25H2,1-5H3,(H,45,57)(H,46,52,53). The van der Waals surface area contributed by atoms with E-state index in [0.717, 1.165) is 59.5 Å². The van der Waals surface area contributed by atoms with Crippen molar-refractivity contribution in [1.29, 1.82) is 0 Å². The Morgan fingerprint density at radius 1 is 0.934 bits per heavy atom. The van der Waals surface area contributed by atoms with Crippen molar-refractivity contribution in [3.63, 3.8) is 0 Å². The van der Waals surface area contributed by atoms with E-state index in [4.69, 9.17) is 18.9 Å². The number of benzene rings is 2. The number of aromatic nitrogens is 1. The Balaban J connectivity index is 0.792. The summed E-state index contributed by atoms with van der Waals surface area (Å²) >= 11 is 0. The normalized spacial score (nSPS) is 21.0. The molecule has 0 aliphatic carbocycles. The molecule has 5 aliphatic rings. The lowest BCUT2D eigenvalue weighted by Gasteiger charge is -2.52. The van der Waals surface area contributed by atoms with E-state index in [1.54, 1.807) is 42.9 Å². The molecule has 6 amide bonds. The van der Waals surface area contributed by atoms with Gasteiger partial charge in [0.05, 0.1) is 49.2 Å². The summed E-state index contributed by atoms with van der Waals surface area (Å²) in [4.78, 5) is 84.0. The minimum atomic E-state index is -1.02. The summed E-state index contributed by atoms with van der Waals surface area (Å²) in [6.45, 7) is 4.39. The van der Waals surface area contributed by atoms with Gasteiger partial charge in [-0.1, -0.05) is 0 Å². The second-order valence-corrected chi connectivity index (χ2v) is 16.8. The lowest BCUT2D eigenvalue weighted by atomic mass is 9.80. The predicted molar refractivity (Wildman–Crippen MR) is 222 cm³/mol. The number of rotatable bonds is 12. The Bertz CT molecular complexity index is 2300. The van der Waals surface area contributed by atoms with E-state index in [0.29, 0.717) is 62.0 Å². The van der Waals surface area contributed by atoms with Gasteiger partial charge >= 0.3 is 6.03 Å². The second kappa shape index (κ2) is 16.9. The van der Waals surface area contributed by atoms with E-state index in [1.807, 2.05) is 37.3 Å². The van der Waals surface area contributed by atoms with Crippen LogP contribution in [0.25, 0.3) is 11.1 Å². The van der Waals surface area contributed by atoms with Gasteiger partial charge < -0.3 is 38.6 Å². The number of imide groups is 2. The fourth-order valence-electron chi connectivity index (χ4n) is 9.36. The molecule has 5 aliphatic heterocycles. The van der Waals surface area contributed by atoms with Gasteiger partial charge in [-0.2, -0.15) is 0 Å². The number of ether oxygens (including phenoxy) is 4. The van der Waals surface area contributed by atoms with Crippen molar-refractivity contribution in [2.45, 2.75) is 69.4 Å². The molecule has 0 radical (unpaired) electrons. The van der Waals surface area contributed by atoms with Gasteiger partial charge in [-0.25, -0.2) is 4.79 Å². The second-order valence-electron chi connectivity index (χ2n) is 16.8. The number of amides is 6. The van der Waals surface area contributed by atoms with Crippen molar-refractivity contribution in [3.05, 3.63) is 74.7 Å². The fourth-order valence-corrected chi connectivity index (χ4v) is 9.36. The van der Waals surface area contributed by atoms with Gasteiger partial charge in [0.1, 0.15) is 29.9 Å². The molecule has 2 N–H and O–H groups in total. The molecule has 8 rings (SSSR count). The molecular weight excluding hydrogens is 787 g/mol. The number of methoxy groups -OCH3 is 2. The zero-order valence-electron chi connectivity index (χ0n) is 35.3. The van der Waals surface area contributed by atoms with Crippen LogP contribution in [0.1, 0.15) is 69.5 Å². The number of pyridine rings is 1. The maximum absolute atomic E-state index is 13.4. The minimum Gasteiger partial charge on any atom is -0.496 e. The maximum atomic E-state index is 13.4. The highest BCUT2D eigenvalue weighted by molar-refractivity contribution is 6.23. The lowest BCUT2D eigenvalue weighted by Crippen LogP contribution is -2.59. The number of carbonyl (C=O) groups is 5. The van der Waals surface area contributed by atoms with Crippen LogP contribution in [-0.2, 0) is 40.9 Å². The van der Waals surface area contributed by atoms with Crippen LogP contribution in [0.5, 0.6) is 17.2 Å². The van der Waals surface area contributed by atoms with Crippen LogP contribution in [0, 0.1) is 0 Å². The number of carbonyl (C=O) groups excluding carboxylic acids is 5. The van der Waals surface area contributed by atoms with E-state index in [1.165, 1.54) is 6.07 Å². The summed E-state index contributed by atoms with van der Waals surface area (Å²) in [6, 6.07) is 7.46. The van der Waals surface area contributed by atoms with Crippen LogP contribution in [0.4, 0.5) is 4.79 Å². The van der Waals surface area contributed by atoms with Crippen LogP contribution in [-0.4, -0.2) is 139 Å². The van der Waals surface area contributed by atoms with Crippen molar-refractivity contribution in [1.82, 2.24) is 34.8 Å². The summed E-state index contributed by atoms with van der Waals surface area (Å²) in [7, 11) is 8.98. The number of hydrogen-bond donors (Lipinski definition) is 2. The SMILES string of the molecule is COc1cc(-c2cn(C)c(=O)c3c2CCN(C(=O)NCC2CC4(CCN(CCOc5ccc6c(c5)C(=O)N(C5CCC(=O)NC5=O)C6=O)CC4)O2)C3)cc(OC)c1CN(C)C. The first-order valence-corrected chi connectivity index (χ1v) is 20.8. The average molecular weight is 840 g/mol. The van der Waals surface area contributed by atoms with Crippen molar-refractivity contribution < 1.29 is 42.9 Å². The molecule has 3 saturated heterocycles. The largest absolute Gasteiger partial charge is 0.496 e. The van der Waals surface area contributed by atoms with E-state index >= 15 is 0 Å². The van der Waals surface area contributed by atoms with Crippen LogP contribution in [0.3, 0.4) is 0 Å². The third-order valence-corrected chi connectivity index (χ3v) is 12.6. The number of urea groups is 1. The highest BCUT2D eigenvalue weighted by Crippen LogP contribution is 2.42. The highest BCUT2D eigenvalue weighted by Gasteiger charge is 2.48. The quantitative estimate of drug-likeness (QED) is 0.255. The Labute approximate surface area is 353 Å².